The van der Waals surface area contributed by atoms with Crippen LogP contribution in [0.1, 0.15) is 38.3 Å². The summed E-state index contributed by atoms with van der Waals surface area (Å²) >= 11 is 0. The van der Waals surface area contributed by atoms with Gasteiger partial charge in [-0.1, -0.05) is 45.0 Å². The molecule has 0 N–H and O–H groups in total. The summed E-state index contributed by atoms with van der Waals surface area (Å²) in [5.41, 5.74) is 3.15. The fraction of sp³-hybridized carbons (Fsp3) is 0.364. The first-order valence-corrected chi connectivity index (χ1v) is 8.93. The third kappa shape index (κ3) is 3.96. The molecule has 136 valence electrons. The number of anilines is 1. The van der Waals surface area contributed by atoms with Crippen LogP contribution in [0.3, 0.4) is 0 Å². The standard InChI is InChI=1S/C22H25NO3/c1-15-6-5-7-18(12-15)23-14-16(13-20(23)24)21(25)26-19-10-8-17(9-11-19)22(2,3)4/h5-12,16H,13-14H2,1-4H3/t16-/m1/s1. The van der Waals surface area contributed by atoms with E-state index in [1.165, 1.54) is 5.56 Å². The van der Waals surface area contributed by atoms with Crippen LogP contribution in [0.15, 0.2) is 48.5 Å². The van der Waals surface area contributed by atoms with E-state index in [0.29, 0.717) is 12.3 Å². The second-order valence-corrected chi connectivity index (χ2v) is 7.94. The maximum Gasteiger partial charge on any atom is 0.316 e. The maximum atomic E-state index is 12.5. The van der Waals surface area contributed by atoms with E-state index in [9.17, 15) is 9.59 Å². The van der Waals surface area contributed by atoms with Gasteiger partial charge in [0.25, 0.3) is 0 Å². The minimum Gasteiger partial charge on any atom is -0.426 e. The number of hydrogen-bond donors (Lipinski definition) is 0. The molecule has 1 aliphatic rings. The average molecular weight is 351 g/mol. The van der Waals surface area contributed by atoms with E-state index in [1.807, 2.05) is 55.5 Å². The molecule has 0 spiro atoms. The second kappa shape index (κ2) is 6.94. The molecule has 4 heteroatoms. The number of rotatable bonds is 3. The van der Waals surface area contributed by atoms with Crippen molar-refractivity contribution >= 4 is 17.6 Å². The van der Waals surface area contributed by atoms with Crippen molar-refractivity contribution < 1.29 is 14.3 Å². The highest BCUT2D eigenvalue weighted by atomic mass is 16.5. The zero-order valence-corrected chi connectivity index (χ0v) is 15.8. The lowest BCUT2D eigenvalue weighted by Gasteiger charge is -2.19. The van der Waals surface area contributed by atoms with Crippen molar-refractivity contribution in [3.05, 3.63) is 59.7 Å². The Labute approximate surface area is 154 Å². The Hall–Kier alpha value is -2.62. The molecule has 4 nitrogen and oxygen atoms in total. The molecule has 1 aliphatic heterocycles. The van der Waals surface area contributed by atoms with Gasteiger partial charge < -0.3 is 9.64 Å². The predicted octanol–water partition coefficient (Wildman–Crippen LogP) is 4.25. The Balaban J connectivity index is 1.67. The summed E-state index contributed by atoms with van der Waals surface area (Å²) in [7, 11) is 0. The van der Waals surface area contributed by atoms with Crippen LogP contribution in [0, 0.1) is 12.8 Å². The van der Waals surface area contributed by atoms with Crippen molar-refractivity contribution in [2.45, 2.75) is 39.5 Å². The summed E-state index contributed by atoms with van der Waals surface area (Å²) in [5, 5.41) is 0. The number of carbonyl (C=O) groups excluding carboxylic acids is 2. The van der Waals surface area contributed by atoms with Crippen molar-refractivity contribution in [2.75, 3.05) is 11.4 Å². The summed E-state index contributed by atoms with van der Waals surface area (Å²) < 4.78 is 5.50. The van der Waals surface area contributed by atoms with Gasteiger partial charge in [0, 0.05) is 18.7 Å². The van der Waals surface area contributed by atoms with Crippen LogP contribution < -0.4 is 9.64 Å². The number of nitrogens with zero attached hydrogens (tertiary/aromatic N) is 1. The molecule has 1 amide bonds. The molecule has 0 saturated carbocycles. The van der Waals surface area contributed by atoms with Gasteiger partial charge in [-0.25, -0.2) is 0 Å². The fourth-order valence-corrected chi connectivity index (χ4v) is 3.13. The largest absolute Gasteiger partial charge is 0.426 e. The molecule has 0 aliphatic carbocycles. The second-order valence-electron chi connectivity index (χ2n) is 7.94. The molecule has 0 radical (unpaired) electrons. The molecule has 3 rings (SSSR count). The van der Waals surface area contributed by atoms with Crippen molar-refractivity contribution in [2.24, 2.45) is 5.92 Å². The third-order valence-corrected chi connectivity index (χ3v) is 4.71. The van der Waals surface area contributed by atoms with Crippen LogP contribution in [0.2, 0.25) is 0 Å². The predicted molar refractivity (Wildman–Crippen MR) is 102 cm³/mol. The van der Waals surface area contributed by atoms with E-state index < -0.39 is 5.92 Å². The summed E-state index contributed by atoms with van der Waals surface area (Å²) in [6.07, 6.45) is 0.187. The summed E-state index contributed by atoms with van der Waals surface area (Å²) in [6.45, 7) is 8.76. The molecule has 2 aromatic carbocycles. The normalized spacial score (nSPS) is 17.5. The Bertz CT molecular complexity index is 818. The average Bonchev–Trinajstić information content (AvgIpc) is 2.96. The van der Waals surface area contributed by atoms with Crippen LogP contribution in [0.25, 0.3) is 0 Å². The van der Waals surface area contributed by atoms with Gasteiger partial charge in [0.05, 0.1) is 5.92 Å². The van der Waals surface area contributed by atoms with E-state index in [1.54, 1.807) is 4.90 Å². The Morgan fingerprint density at radius 2 is 1.81 bits per heavy atom. The van der Waals surface area contributed by atoms with Gasteiger partial charge in [0.2, 0.25) is 5.91 Å². The molecule has 1 atom stereocenters. The van der Waals surface area contributed by atoms with Crippen molar-refractivity contribution in [3.63, 3.8) is 0 Å². The topological polar surface area (TPSA) is 46.6 Å². The number of benzene rings is 2. The molecule has 1 fully saturated rings. The van der Waals surface area contributed by atoms with Gasteiger partial charge in [-0.3, -0.25) is 9.59 Å². The van der Waals surface area contributed by atoms with Crippen molar-refractivity contribution in [1.29, 1.82) is 0 Å². The van der Waals surface area contributed by atoms with Crippen LogP contribution >= 0.6 is 0 Å². The maximum absolute atomic E-state index is 12.5. The Morgan fingerprint density at radius 1 is 1.12 bits per heavy atom. The van der Waals surface area contributed by atoms with Crippen molar-refractivity contribution in [3.8, 4) is 5.75 Å². The van der Waals surface area contributed by atoms with Gasteiger partial charge in [-0.05, 0) is 47.7 Å². The number of ether oxygens (including phenoxy) is 1. The first kappa shape index (κ1) is 18.2. The molecule has 0 aromatic heterocycles. The highest BCUT2D eigenvalue weighted by Crippen LogP contribution is 2.28. The zero-order chi connectivity index (χ0) is 18.9. The van der Waals surface area contributed by atoms with E-state index in [4.69, 9.17) is 4.74 Å². The lowest BCUT2D eigenvalue weighted by atomic mass is 9.87. The van der Waals surface area contributed by atoms with Crippen LogP contribution in [-0.2, 0) is 15.0 Å². The number of esters is 1. The SMILES string of the molecule is Cc1cccc(N2C[C@H](C(=O)Oc3ccc(C(C)(C)C)cc3)CC2=O)c1. The zero-order valence-electron chi connectivity index (χ0n) is 15.8. The van der Waals surface area contributed by atoms with E-state index >= 15 is 0 Å². The van der Waals surface area contributed by atoms with E-state index in [0.717, 1.165) is 11.3 Å². The summed E-state index contributed by atoms with van der Waals surface area (Å²) in [5.74, 6) is -0.313. The number of amides is 1. The number of aryl methyl sites for hydroxylation is 1. The van der Waals surface area contributed by atoms with Crippen LogP contribution in [0.5, 0.6) is 5.75 Å². The minimum absolute atomic E-state index is 0.0411. The highest BCUT2D eigenvalue weighted by molar-refractivity contribution is 5.99. The quantitative estimate of drug-likeness (QED) is 0.613. The minimum atomic E-state index is -0.440. The lowest BCUT2D eigenvalue weighted by Crippen LogP contribution is -2.27. The number of hydrogen-bond acceptors (Lipinski definition) is 3. The van der Waals surface area contributed by atoms with Gasteiger partial charge in [0.1, 0.15) is 5.75 Å². The Morgan fingerprint density at radius 3 is 2.42 bits per heavy atom. The monoisotopic (exact) mass is 351 g/mol. The lowest BCUT2D eigenvalue weighted by molar-refractivity contribution is -0.139. The smallest absolute Gasteiger partial charge is 0.316 e. The molecule has 1 heterocycles. The van der Waals surface area contributed by atoms with Gasteiger partial charge in [-0.15, -0.1) is 0 Å². The van der Waals surface area contributed by atoms with E-state index in [2.05, 4.69) is 20.8 Å². The van der Waals surface area contributed by atoms with Crippen LogP contribution in [0.4, 0.5) is 5.69 Å². The first-order chi connectivity index (χ1) is 12.2. The van der Waals surface area contributed by atoms with Gasteiger partial charge >= 0.3 is 5.97 Å². The van der Waals surface area contributed by atoms with Crippen LogP contribution in [-0.4, -0.2) is 18.4 Å². The van der Waals surface area contributed by atoms with Gasteiger partial charge in [-0.2, -0.15) is 0 Å². The molecule has 2 aromatic rings. The molecular formula is C22H25NO3. The summed E-state index contributed by atoms with van der Waals surface area (Å²) in [6, 6.07) is 15.3. The van der Waals surface area contributed by atoms with E-state index in [-0.39, 0.29) is 23.7 Å². The fourth-order valence-electron chi connectivity index (χ4n) is 3.13. The third-order valence-electron chi connectivity index (χ3n) is 4.71. The molecule has 26 heavy (non-hydrogen) atoms. The molecule has 0 bridgehead atoms. The first-order valence-electron chi connectivity index (χ1n) is 8.93. The Kier molecular flexibility index (Phi) is 4.86. The molecule has 1 saturated heterocycles. The summed E-state index contributed by atoms with van der Waals surface area (Å²) in [4.78, 5) is 26.5. The number of carbonyl (C=O) groups is 2. The van der Waals surface area contributed by atoms with Gasteiger partial charge in [0.15, 0.2) is 0 Å². The molecule has 0 unspecified atom stereocenters. The highest BCUT2D eigenvalue weighted by Gasteiger charge is 2.36. The van der Waals surface area contributed by atoms with Crippen molar-refractivity contribution in [1.82, 2.24) is 0 Å². The molecular weight excluding hydrogens is 326 g/mol.